The van der Waals surface area contributed by atoms with E-state index in [4.69, 9.17) is 4.74 Å². The van der Waals surface area contributed by atoms with Gasteiger partial charge in [-0.1, -0.05) is 36.4 Å². The first kappa shape index (κ1) is 29.8. The summed E-state index contributed by atoms with van der Waals surface area (Å²) in [7, 11) is 1.31. The van der Waals surface area contributed by atoms with Crippen molar-refractivity contribution < 1.29 is 31.1 Å². The van der Waals surface area contributed by atoms with Gasteiger partial charge in [-0.25, -0.2) is 13.2 Å². The molecule has 0 fully saturated rings. The molecule has 1 unspecified atom stereocenters. The zero-order valence-electron chi connectivity index (χ0n) is 22.6. The molecular formula is C31H26F6N2O2S. The van der Waals surface area contributed by atoms with E-state index in [1.165, 1.54) is 47.7 Å². The molecule has 3 aromatic carbocycles. The van der Waals surface area contributed by atoms with Crippen molar-refractivity contribution in [2.45, 2.75) is 37.1 Å². The van der Waals surface area contributed by atoms with Gasteiger partial charge in [0.15, 0.2) is 11.6 Å². The van der Waals surface area contributed by atoms with Gasteiger partial charge in [0.2, 0.25) is 0 Å². The van der Waals surface area contributed by atoms with E-state index in [2.05, 4.69) is 5.32 Å². The Morgan fingerprint density at radius 2 is 1.69 bits per heavy atom. The number of benzene rings is 3. The number of hydrogen-bond donors (Lipinski definition) is 1. The molecule has 11 heteroatoms. The number of alkyl halides is 3. The number of nitrogens with zero attached hydrogens (tertiary/aromatic N) is 1. The quantitative estimate of drug-likeness (QED) is 0.215. The maximum absolute atomic E-state index is 15.5. The summed E-state index contributed by atoms with van der Waals surface area (Å²) in [5.74, 6) is -1.87. The largest absolute Gasteiger partial charge is 0.494 e. The van der Waals surface area contributed by atoms with Gasteiger partial charge in [0.25, 0.3) is 5.56 Å². The van der Waals surface area contributed by atoms with Gasteiger partial charge in [0.1, 0.15) is 11.6 Å². The summed E-state index contributed by atoms with van der Waals surface area (Å²) >= 11 is 1.34. The van der Waals surface area contributed by atoms with Crippen molar-refractivity contribution in [1.82, 2.24) is 9.88 Å². The summed E-state index contributed by atoms with van der Waals surface area (Å²) in [6, 6.07) is 12.5. The molecule has 2 heterocycles. The number of pyridine rings is 1. The molecule has 42 heavy (non-hydrogen) atoms. The number of hydrogen-bond acceptors (Lipinski definition) is 4. The lowest BCUT2D eigenvalue weighted by molar-refractivity contribution is -0.137. The number of fused-ring (bicyclic) bond motifs is 1. The molecule has 1 aromatic heterocycles. The molecule has 0 saturated heterocycles. The Balaban J connectivity index is 1.56. The number of halogens is 6. The molecule has 220 valence electrons. The van der Waals surface area contributed by atoms with Crippen LogP contribution in [0.3, 0.4) is 0 Å². The summed E-state index contributed by atoms with van der Waals surface area (Å²) in [6.07, 6.45) is -4.64. The van der Waals surface area contributed by atoms with Gasteiger partial charge < -0.3 is 10.1 Å². The van der Waals surface area contributed by atoms with Gasteiger partial charge in [0.05, 0.1) is 29.3 Å². The van der Waals surface area contributed by atoms with Crippen LogP contribution in [0, 0.1) is 24.4 Å². The first-order valence-corrected chi connectivity index (χ1v) is 14.0. The molecule has 1 N–H and O–H groups in total. The smallest absolute Gasteiger partial charge is 0.416 e. The molecule has 4 nitrogen and oxygen atoms in total. The van der Waals surface area contributed by atoms with Crippen molar-refractivity contribution >= 4 is 11.8 Å². The second-order valence-corrected chi connectivity index (χ2v) is 11.0. The van der Waals surface area contributed by atoms with Gasteiger partial charge in [-0.2, -0.15) is 13.2 Å². The van der Waals surface area contributed by atoms with Gasteiger partial charge in [0, 0.05) is 36.4 Å². The highest BCUT2D eigenvalue weighted by molar-refractivity contribution is 7.99. The highest BCUT2D eigenvalue weighted by atomic mass is 32.2. The van der Waals surface area contributed by atoms with Gasteiger partial charge in [-0.05, 0) is 47.9 Å². The number of nitrogens with one attached hydrogen (secondary N) is 1. The van der Waals surface area contributed by atoms with E-state index >= 15 is 4.39 Å². The molecule has 1 aliphatic heterocycles. The fourth-order valence-corrected chi connectivity index (χ4v) is 6.61. The van der Waals surface area contributed by atoms with Crippen LogP contribution in [0.25, 0.3) is 11.1 Å². The predicted molar refractivity (Wildman–Crippen MR) is 149 cm³/mol. The standard InChI is InChI=1S/C31H26F6N2O2S/c1-17-22(13-23-24(32)9-5-10-25(23)33)30-39(29(40)27(17)21-8-4-11-26(41-2)28(21)34)20(16-42-30)15-38-14-18-6-3-7-19(12-18)31(35,36)37/h3-12,20,38H,13-16H2,1-2H3. The Labute approximate surface area is 242 Å². The van der Waals surface area contributed by atoms with E-state index in [1.54, 1.807) is 19.1 Å². The third-order valence-electron chi connectivity index (χ3n) is 7.35. The molecule has 0 radical (unpaired) electrons. The molecule has 5 rings (SSSR count). The zero-order valence-corrected chi connectivity index (χ0v) is 23.4. The van der Waals surface area contributed by atoms with Crippen molar-refractivity contribution in [3.8, 4) is 16.9 Å². The molecule has 0 aliphatic carbocycles. The van der Waals surface area contributed by atoms with E-state index in [-0.39, 0.29) is 42.0 Å². The van der Waals surface area contributed by atoms with Crippen molar-refractivity contribution in [3.63, 3.8) is 0 Å². The third kappa shape index (κ3) is 5.67. The van der Waals surface area contributed by atoms with Crippen LogP contribution in [0.2, 0.25) is 0 Å². The van der Waals surface area contributed by atoms with Crippen molar-refractivity contribution in [3.05, 3.63) is 116 Å². The topological polar surface area (TPSA) is 43.3 Å². The highest BCUT2D eigenvalue weighted by Crippen LogP contribution is 2.40. The van der Waals surface area contributed by atoms with Crippen LogP contribution in [-0.2, 0) is 19.1 Å². The SMILES string of the molecule is COc1cccc(-c2c(C)c(Cc3c(F)cccc3F)c3n(c2=O)C(CNCc2cccc(C(F)(F)F)c2)CS3)c1F. The van der Waals surface area contributed by atoms with Gasteiger partial charge >= 0.3 is 6.18 Å². The summed E-state index contributed by atoms with van der Waals surface area (Å²) < 4.78 is 90.9. The Bertz CT molecular complexity index is 1680. The summed E-state index contributed by atoms with van der Waals surface area (Å²) in [5.41, 5.74) is -0.0734. The molecule has 1 atom stereocenters. The van der Waals surface area contributed by atoms with E-state index in [1.807, 2.05) is 0 Å². The van der Waals surface area contributed by atoms with Crippen molar-refractivity contribution in [1.29, 1.82) is 0 Å². The fourth-order valence-electron chi connectivity index (χ4n) is 5.22. The predicted octanol–water partition coefficient (Wildman–Crippen LogP) is 7.30. The average molecular weight is 605 g/mol. The van der Waals surface area contributed by atoms with Crippen LogP contribution in [0.1, 0.15) is 33.9 Å². The number of aromatic nitrogens is 1. The zero-order chi connectivity index (χ0) is 30.2. The minimum Gasteiger partial charge on any atom is -0.494 e. The third-order valence-corrected chi connectivity index (χ3v) is 8.61. The fraction of sp³-hybridized carbons (Fsp3) is 0.258. The second-order valence-electron chi connectivity index (χ2n) is 9.95. The maximum Gasteiger partial charge on any atom is 0.416 e. The van der Waals surface area contributed by atoms with E-state index < -0.39 is 40.8 Å². The van der Waals surface area contributed by atoms with E-state index in [0.29, 0.717) is 27.5 Å². The monoisotopic (exact) mass is 604 g/mol. The lowest BCUT2D eigenvalue weighted by Gasteiger charge is -2.21. The normalized spacial score (nSPS) is 14.7. The Morgan fingerprint density at radius 1 is 1.00 bits per heavy atom. The Hall–Kier alpha value is -3.70. The van der Waals surface area contributed by atoms with Gasteiger partial charge in [-0.3, -0.25) is 9.36 Å². The van der Waals surface area contributed by atoms with Crippen LogP contribution in [0.15, 0.2) is 70.5 Å². The number of ether oxygens (including phenoxy) is 1. The van der Waals surface area contributed by atoms with Gasteiger partial charge in [-0.15, -0.1) is 11.8 Å². The van der Waals surface area contributed by atoms with Crippen LogP contribution >= 0.6 is 11.8 Å². The molecule has 0 saturated carbocycles. The first-order valence-electron chi connectivity index (χ1n) is 13.0. The van der Waals surface area contributed by atoms with Crippen molar-refractivity contribution in [2.24, 2.45) is 0 Å². The number of thioether (sulfide) groups is 1. The highest BCUT2D eigenvalue weighted by Gasteiger charge is 2.33. The van der Waals surface area contributed by atoms with Crippen LogP contribution < -0.4 is 15.6 Å². The molecule has 4 aromatic rings. The Kier molecular flexibility index (Phi) is 8.43. The minimum absolute atomic E-state index is 0.00465. The summed E-state index contributed by atoms with van der Waals surface area (Å²) in [4.78, 5) is 14.0. The van der Waals surface area contributed by atoms with E-state index in [0.717, 1.165) is 24.3 Å². The minimum atomic E-state index is -4.47. The Morgan fingerprint density at radius 3 is 2.38 bits per heavy atom. The lowest BCUT2D eigenvalue weighted by atomic mass is 9.94. The average Bonchev–Trinajstić information content (AvgIpc) is 3.37. The van der Waals surface area contributed by atoms with Crippen LogP contribution in [-0.4, -0.2) is 24.0 Å². The van der Waals surface area contributed by atoms with Crippen LogP contribution in [0.5, 0.6) is 5.75 Å². The number of methoxy groups -OCH3 is 1. The molecule has 1 aliphatic rings. The van der Waals surface area contributed by atoms with Crippen LogP contribution in [0.4, 0.5) is 26.3 Å². The maximum atomic E-state index is 15.5. The molecular weight excluding hydrogens is 578 g/mol. The molecule has 0 amide bonds. The summed E-state index contributed by atoms with van der Waals surface area (Å²) in [6.45, 7) is 1.96. The second kappa shape index (κ2) is 11.9. The number of rotatable bonds is 8. The molecule has 0 bridgehead atoms. The van der Waals surface area contributed by atoms with Crippen molar-refractivity contribution in [2.75, 3.05) is 19.4 Å². The molecule has 0 spiro atoms. The van der Waals surface area contributed by atoms with E-state index in [9.17, 15) is 26.7 Å². The lowest BCUT2D eigenvalue weighted by Crippen LogP contribution is -2.33. The first-order chi connectivity index (χ1) is 20.0. The summed E-state index contributed by atoms with van der Waals surface area (Å²) in [5, 5.41) is 3.64.